The van der Waals surface area contributed by atoms with Crippen LogP contribution in [0.2, 0.25) is 5.02 Å². The van der Waals surface area contributed by atoms with Crippen molar-refractivity contribution in [3.05, 3.63) is 58.6 Å². The Morgan fingerprint density at radius 2 is 1.85 bits per heavy atom. The molecule has 3 rings (SSSR count). The molecule has 1 fully saturated rings. The van der Waals surface area contributed by atoms with Crippen molar-refractivity contribution in [2.45, 2.75) is 18.9 Å². The van der Waals surface area contributed by atoms with E-state index in [1.54, 1.807) is 18.2 Å². The van der Waals surface area contributed by atoms with Crippen LogP contribution < -0.4 is 10.6 Å². The van der Waals surface area contributed by atoms with Gasteiger partial charge in [-0.2, -0.15) is 0 Å². The highest BCUT2D eigenvalue weighted by Crippen LogP contribution is 2.24. The number of hydrogen-bond acceptors (Lipinski definition) is 4. The van der Waals surface area contributed by atoms with Crippen molar-refractivity contribution in [2.24, 2.45) is 0 Å². The summed E-state index contributed by atoms with van der Waals surface area (Å²) in [5.41, 5.74) is 0.749. The first-order valence-electron chi connectivity index (χ1n) is 8.31. The second-order valence-electron chi connectivity index (χ2n) is 5.99. The first kappa shape index (κ1) is 18.9. The molecule has 3 N–H and O–H groups in total. The van der Waals surface area contributed by atoms with E-state index in [1.807, 2.05) is 0 Å². The first-order valence-corrected chi connectivity index (χ1v) is 8.69. The Bertz CT molecular complexity index is 893. The molecule has 2 aromatic carbocycles. The summed E-state index contributed by atoms with van der Waals surface area (Å²) < 4.78 is 5.32. The molecule has 8 heteroatoms. The van der Waals surface area contributed by atoms with Gasteiger partial charge in [0.05, 0.1) is 21.8 Å². The van der Waals surface area contributed by atoms with Crippen LogP contribution in [0.5, 0.6) is 0 Å². The summed E-state index contributed by atoms with van der Waals surface area (Å²) in [7, 11) is 0. The van der Waals surface area contributed by atoms with Gasteiger partial charge in [-0.15, -0.1) is 0 Å². The van der Waals surface area contributed by atoms with Crippen LogP contribution in [0.15, 0.2) is 42.5 Å². The standard InChI is InChI=1S/C19H17ClN2O5/c20-14-10-11(21-18(24)16-6-3-9-27-16)7-8-12(14)17(23)22-15-5-2-1-4-13(15)19(25)26/h1-2,4-5,7-8,10,16H,3,6,9H2,(H,21,24)(H,22,23)(H,25,26). The molecule has 0 aromatic heterocycles. The Kier molecular flexibility index (Phi) is 5.73. The number of ether oxygens (including phenoxy) is 1. The fourth-order valence-corrected chi connectivity index (χ4v) is 3.02. The number of carbonyl (C=O) groups excluding carboxylic acids is 2. The van der Waals surface area contributed by atoms with E-state index in [0.29, 0.717) is 18.7 Å². The molecule has 1 heterocycles. The van der Waals surface area contributed by atoms with Crippen molar-refractivity contribution in [3.8, 4) is 0 Å². The molecule has 2 aromatic rings. The number of carboxylic acid groups (broad SMARTS) is 1. The summed E-state index contributed by atoms with van der Waals surface area (Å²) in [6.07, 6.45) is 1.04. The van der Waals surface area contributed by atoms with E-state index in [2.05, 4.69) is 10.6 Å². The van der Waals surface area contributed by atoms with Crippen molar-refractivity contribution in [1.82, 2.24) is 0 Å². The summed E-state index contributed by atoms with van der Waals surface area (Å²) in [4.78, 5) is 35.8. The van der Waals surface area contributed by atoms with Crippen molar-refractivity contribution in [1.29, 1.82) is 0 Å². The van der Waals surface area contributed by atoms with Crippen molar-refractivity contribution >= 4 is 40.8 Å². The third-order valence-corrected chi connectivity index (χ3v) is 4.42. The average molecular weight is 389 g/mol. The van der Waals surface area contributed by atoms with Crippen LogP contribution in [0.25, 0.3) is 0 Å². The molecule has 0 bridgehead atoms. The molecule has 27 heavy (non-hydrogen) atoms. The lowest BCUT2D eigenvalue weighted by atomic mass is 10.1. The molecule has 1 atom stereocenters. The lowest BCUT2D eigenvalue weighted by Crippen LogP contribution is -2.26. The second-order valence-corrected chi connectivity index (χ2v) is 6.40. The molecule has 1 aliphatic heterocycles. The third kappa shape index (κ3) is 4.45. The highest BCUT2D eigenvalue weighted by Gasteiger charge is 2.24. The van der Waals surface area contributed by atoms with Gasteiger partial charge in [-0.1, -0.05) is 23.7 Å². The number of rotatable bonds is 5. The molecule has 7 nitrogen and oxygen atoms in total. The van der Waals surface area contributed by atoms with Crippen LogP contribution in [0.1, 0.15) is 33.6 Å². The minimum atomic E-state index is -1.15. The van der Waals surface area contributed by atoms with Gasteiger partial charge < -0.3 is 20.5 Å². The maximum absolute atomic E-state index is 12.5. The summed E-state index contributed by atoms with van der Waals surface area (Å²) in [6.45, 7) is 0.565. The number of para-hydroxylation sites is 1. The monoisotopic (exact) mass is 388 g/mol. The highest BCUT2D eigenvalue weighted by molar-refractivity contribution is 6.34. The smallest absolute Gasteiger partial charge is 0.337 e. The Balaban J connectivity index is 1.72. The Labute approximate surface area is 160 Å². The van der Waals surface area contributed by atoms with E-state index in [9.17, 15) is 19.5 Å². The lowest BCUT2D eigenvalue weighted by molar-refractivity contribution is -0.124. The molecule has 0 saturated carbocycles. The van der Waals surface area contributed by atoms with Gasteiger partial charge in [-0.25, -0.2) is 4.79 Å². The van der Waals surface area contributed by atoms with E-state index >= 15 is 0 Å². The SMILES string of the molecule is O=C(Nc1ccccc1C(=O)O)c1ccc(NC(=O)C2CCCO2)cc1Cl. The van der Waals surface area contributed by atoms with Crippen LogP contribution >= 0.6 is 11.6 Å². The molecule has 0 aliphatic carbocycles. The van der Waals surface area contributed by atoms with Crippen LogP contribution in [0, 0.1) is 0 Å². The van der Waals surface area contributed by atoms with Gasteiger partial charge in [0.2, 0.25) is 0 Å². The van der Waals surface area contributed by atoms with E-state index in [1.165, 1.54) is 24.3 Å². The number of benzene rings is 2. The largest absolute Gasteiger partial charge is 0.478 e. The Morgan fingerprint density at radius 3 is 2.52 bits per heavy atom. The molecule has 2 amide bonds. The maximum atomic E-state index is 12.5. The molecule has 140 valence electrons. The number of halogens is 1. The Hall–Kier alpha value is -2.90. The third-order valence-electron chi connectivity index (χ3n) is 4.11. The van der Waals surface area contributed by atoms with Crippen LogP contribution in [-0.2, 0) is 9.53 Å². The van der Waals surface area contributed by atoms with Gasteiger partial charge in [-0.3, -0.25) is 9.59 Å². The van der Waals surface area contributed by atoms with Crippen LogP contribution in [0.4, 0.5) is 11.4 Å². The average Bonchev–Trinajstić information content (AvgIpc) is 3.17. The van der Waals surface area contributed by atoms with E-state index in [4.69, 9.17) is 16.3 Å². The normalized spacial score (nSPS) is 16.0. The van der Waals surface area contributed by atoms with Crippen molar-refractivity contribution < 1.29 is 24.2 Å². The molecule has 0 spiro atoms. The van der Waals surface area contributed by atoms with Gasteiger partial charge >= 0.3 is 5.97 Å². The Morgan fingerprint density at radius 1 is 1.07 bits per heavy atom. The summed E-state index contributed by atoms with van der Waals surface area (Å²) in [6, 6.07) is 10.6. The van der Waals surface area contributed by atoms with Gasteiger partial charge in [0.1, 0.15) is 6.10 Å². The number of carboxylic acids is 1. The fourth-order valence-electron chi connectivity index (χ4n) is 2.75. The number of amides is 2. The van der Waals surface area contributed by atoms with E-state index < -0.39 is 18.0 Å². The minimum Gasteiger partial charge on any atom is -0.478 e. The molecule has 0 radical (unpaired) electrons. The van der Waals surface area contributed by atoms with E-state index in [0.717, 1.165) is 6.42 Å². The van der Waals surface area contributed by atoms with Gasteiger partial charge in [0, 0.05) is 12.3 Å². The molecular formula is C19H17ClN2O5. The summed E-state index contributed by atoms with van der Waals surface area (Å²) >= 11 is 6.18. The first-order chi connectivity index (χ1) is 13.0. The molecular weight excluding hydrogens is 372 g/mol. The molecule has 1 aliphatic rings. The summed E-state index contributed by atoms with van der Waals surface area (Å²) in [5, 5.41) is 14.6. The number of hydrogen-bond donors (Lipinski definition) is 3. The molecule has 1 unspecified atom stereocenters. The van der Waals surface area contributed by atoms with Gasteiger partial charge in [0.15, 0.2) is 0 Å². The number of nitrogens with one attached hydrogen (secondary N) is 2. The van der Waals surface area contributed by atoms with Crippen LogP contribution in [-0.4, -0.2) is 35.6 Å². The van der Waals surface area contributed by atoms with Crippen molar-refractivity contribution in [2.75, 3.05) is 17.2 Å². The maximum Gasteiger partial charge on any atom is 0.337 e. The highest BCUT2D eigenvalue weighted by atomic mass is 35.5. The zero-order chi connectivity index (χ0) is 19.4. The number of anilines is 2. The topological polar surface area (TPSA) is 105 Å². The number of aromatic carboxylic acids is 1. The predicted molar refractivity (Wildman–Crippen MR) is 100 cm³/mol. The number of carbonyl (C=O) groups is 3. The second kappa shape index (κ2) is 8.20. The summed E-state index contributed by atoms with van der Waals surface area (Å²) in [5.74, 6) is -1.95. The fraction of sp³-hybridized carbons (Fsp3) is 0.211. The van der Waals surface area contributed by atoms with Gasteiger partial charge in [0.25, 0.3) is 11.8 Å². The minimum absolute atomic E-state index is 0.0255. The quantitative estimate of drug-likeness (QED) is 0.728. The van der Waals surface area contributed by atoms with E-state index in [-0.39, 0.29) is 27.7 Å². The zero-order valence-electron chi connectivity index (χ0n) is 14.2. The lowest BCUT2D eigenvalue weighted by Gasteiger charge is -2.12. The zero-order valence-corrected chi connectivity index (χ0v) is 15.0. The van der Waals surface area contributed by atoms with Crippen molar-refractivity contribution in [3.63, 3.8) is 0 Å². The van der Waals surface area contributed by atoms with Crippen LogP contribution in [0.3, 0.4) is 0 Å². The molecule has 1 saturated heterocycles. The predicted octanol–water partition coefficient (Wildman–Crippen LogP) is 3.41. The van der Waals surface area contributed by atoms with Gasteiger partial charge in [-0.05, 0) is 43.2 Å².